The van der Waals surface area contributed by atoms with Gasteiger partial charge in [0.15, 0.2) is 0 Å². The second kappa shape index (κ2) is 9.46. The Kier molecular flexibility index (Phi) is 6.37. The summed E-state index contributed by atoms with van der Waals surface area (Å²) in [4.78, 5) is 18.4. The fourth-order valence-electron chi connectivity index (χ4n) is 4.26. The fourth-order valence-corrected chi connectivity index (χ4v) is 5.18. The molecule has 0 radical (unpaired) electrons. The second-order valence-electron chi connectivity index (χ2n) is 8.78. The number of aromatic nitrogens is 1. The van der Waals surface area contributed by atoms with Crippen molar-refractivity contribution in [2.75, 3.05) is 58.9 Å². The lowest BCUT2D eigenvalue weighted by atomic mass is 10.1. The lowest BCUT2D eigenvalue weighted by molar-refractivity contribution is -0.110. The molecule has 1 aromatic heterocycles. The van der Waals surface area contributed by atoms with Crippen molar-refractivity contribution in [1.82, 2.24) is 14.2 Å². The number of anilines is 1. The van der Waals surface area contributed by atoms with E-state index < -0.39 is 10.0 Å². The highest BCUT2D eigenvalue weighted by atomic mass is 32.2. The van der Waals surface area contributed by atoms with Crippen LogP contribution in [0.5, 0.6) is 5.75 Å². The monoisotopic (exact) mass is 496 g/mol. The van der Waals surface area contributed by atoms with Crippen molar-refractivity contribution >= 4 is 44.2 Å². The summed E-state index contributed by atoms with van der Waals surface area (Å²) < 4.78 is 37.6. The van der Waals surface area contributed by atoms with Crippen LogP contribution in [0, 0.1) is 0 Å². The molecule has 1 saturated heterocycles. The SMILES string of the molecule is CN(C)S(=O)(=O)c1ccc2c(c1)C(=Cc1cc3cc(OCCN4CCOCC4)ccc3[nH]1)C(=O)N2. The molecule has 0 spiro atoms. The molecule has 0 aliphatic carbocycles. The van der Waals surface area contributed by atoms with Gasteiger partial charge in [0.25, 0.3) is 5.91 Å². The van der Waals surface area contributed by atoms with E-state index in [0.717, 1.165) is 59.5 Å². The van der Waals surface area contributed by atoms with Crippen LogP contribution < -0.4 is 10.1 Å². The zero-order chi connectivity index (χ0) is 24.6. The first-order valence-corrected chi connectivity index (χ1v) is 12.9. The van der Waals surface area contributed by atoms with Gasteiger partial charge < -0.3 is 19.8 Å². The molecule has 184 valence electrons. The van der Waals surface area contributed by atoms with Gasteiger partial charge >= 0.3 is 0 Å². The number of nitrogens with zero attached hydrogens (tertiary/aromatic N) is 2. The van der Waals surface area contributed by atoms with Crippen LogP contribution >= 0.6 is 0 Å². The molecule has 2 N–H and O–H groups in total. The van der Waals surface area contributed by atoms with Crippen LogP contribution in [-0.2, 0) is 19.6 Å². The maximum atomic E-state index is 12.7. The molecule has 2 aliphatic rings. The number of fused-ring (bicyclic) bond motifs is 2. The average Bonchev–Trinajstić information content (AvgIpc) is 3.39. The van der Waals surface area contributed by atoms with E-state index >= 15 is 0 Å². The van der Waals surface area contributed by atoms with Gasteiger partial charge in [-0.05, 0) is 48.5 Å². The smallest absolute Gasteiger partial charge is 0.256 e. The summed E-state index contributed by atoms with van der Waals surface area (Å²) in [5.41, 5.74) is 3.21. The molecule has 0 unspecified atom stereocenters. The van der Waals surface area contributed by atoms with Gasteiger partial charge in [0.2, 0.25) is 10.0 Å². The predicted molar refractivity (Wildman–Crippen MR) is 135 cm³/mol. The topological polar surface area (TPSA) is 104 Å². The summed E-state index contributed by atoms with van der Waals surface area (Å²) >= 11 is 0. The van der Waals surface area contributed by atoms with E-state index in [-0.39, 0.29) is 10.8 Å². The highest BCUT2D eigenvalue weighted by Crippen LogP contribution is 2.35. The number of carbonyl (C=O) groups is 1. The first-order valence-electron chi connectivity index (χ1n) is 11.5. The van der Waals surface area contributed by atoms with Crippen molar-refractivity contribution in [2.24, 2.45) is 0 Å². The van der Waals surface area contributed by atoms with E-state index in [0.29, 0.717) is 23.4 Å². The molecule has 3 aromatic rings. The Bertz CT molecular complexity index is 1400. The normalized spacial score (nSPS) is 17.8. The third-order valence-corrected chi connectivity index (χ3v) is 8.06. The van der Waals surface area contributed by atoms with Crippen molar-refractivity contribution in [3.05, 3.63) is 53.7 Å². The van der Waals surface area contributed by atoms with E-state index in [9.17, 15) is 13.2 Å². The van der Waals surface area contributed by atoms with Gasteiger partial charge in [-0.1, -0.05) is 0 Å². The van der Waals surface area contributed by atoms with Crippen molar-refractivity contribution in [3.8, 4) is 5.75 Å². The number of ether oxygens (including phenoxy) is 2. The van der Waals surface area contributed by atoms with E-state index in [2.05, 4.69) is 15.2 Å². The van der Waals surface area contributed by atoms with Crippen LogP contribution in [-0.4, -0.2) is 82.1 Å². The first kappa shape index (κ1) is 23.6. The molecule has 10 heteroatoms. The molecule has 5 rings (SSSR count). The fraction of sp³-hybridized carbons (Fsp3) is 0.320. The molecule has 35 heavy (non-hydrogen) atoms. The number of aromatic amines is 1. The molecule has 0 saturated carbocycles. The van der Waals surface area contributed by atoms with Gasteiger partial charge in [0.05, 0.1) is 23.7 Å². The number of hydrogen-bond acceptors (Lipinski definition) is 6. The molecule has 3 heterocycles. The zero-order valence-corrected chi connectivity index (χ0v) is 20.5. The number of hydrogen-bond donors (Lipinski definition) is 2. The molecule has 2 aliphatic heterocycles. The Balaban J connectivity index is 1.37. The molecule has 1 fully saturated rings. The van der Waals surface area contributed by atoms with Crippen LogP contribution in [0.1, 0.15) is 11.3 Å². The summed E-state index contributed by atoms with van der Waals surface area (Å²) in [7, 11) is -0.657. The van der Waals surface area contributed by atoms with E-state index in [4.69, 9.17) is 9.47 Å². The van der Waals surface area contributed by atoms with Crippen molar-refractivity contribution in [3.63, 3.8) is 0 Å². The summed E-state index contributed by atoms with van der Waals surface area (Å²) in [5.74, 6) is 0.511. The highest BCUT2D eigenvalue weighted by molar-refractivity contribution is 7.89. The number of benzene rings is 2. The van der Waals surface area contributed by atoms with Gasteiger partial charge in [0, 0.05) is 61.6 Å². The Morgan fingerprint density at radius 1 is 1.11 bits per heavy atom. The van der Waals surface area contributed by atoms with Gasteiger partial charge in [0.1, 0.15) is 12.4 Å². The van der Waals surface area contributed by atoms with Crippen LogP contribution in [0.4, 0.5) is 5.69 Å². The summed E-state index contributed by atoms with van der Waals surface area (Å²) in [6.45, 7) is 4.84. The maximum absolute atomic E-state index is 12.7. The van der Waals surface area contributed by atoms with Gasteiger partial charge in [-0.15, -0.1) is 0 Å². The second-order valence-corrected chi connectivity index (χ2v) is 10.9. The number of sulfonamides is 1. The van der Waals surface area contributed by atoms with Crippen molar-refractivity contribution in [1.29, 1.82) is 0 Å². The largest absolute Gasteiger partial charge is 0.492 e. The molecular weight excluding hydrogens is 468 g/mol. The van der Waals surface area contributed by atoms with E-state index in [1.807, 2.05) is 24.3 Å². The molecule has 1 amide bonds. The molecule has 0 bridgehead atoms. The average molecular weight is 497 g/mol. The Hall–Kier alpha value is -3.18. The molecule has 9 nitrogen and oxygen atoms in total. The molecule has 0 atom stereocenters. The van der Waals surface area contributed by atoms with Crippen LogP contribution in [0.3, 0.4) is 0 Å². The van der Waals surface area contributed by atoms with Crippen molar-refractivity contribution in [2.45, 2.75) is 4.90 Å². The van der Waals surface area contributed by atoms with Gasteiger partial charge in [-0.2, -0.15) is 0 Å². The van der Waals surface area contributed by atoms with E-state index in [1.54, 1.807) is 12.1 Å². The lowest BCUT2D eigenvalue weighted by Gasteiger charge is -2.26. The zero-order valence-electron chi connectivity index (χ0n) is 19.7. The number of carbonyl (C=O) groups excluding carboxylic acids is 1. The number of amides is 1. The summed E-state index contributed by atoms with van der Waals surface area (Å²) in [6.07, 6.45) is 1.74. The Labute approximate surface area is 204 Å². The number of nitrogens with one attached hydrogen (secondary N) is 2. The van der Waals surface area contributed by atoms with Crippen molar-refractivity contribution < 1.29 is 22.7 Å². The lowest BCUT2D eigenvalue weighted by Crippen LogP contribution is -2.38. The standard InChI is InChI=1S/C25H28N4O5S/c1-28(2)35(31,32)20-4-6-24-21(16-20)22(25(30)27-24)15-18-13-17-14-19(3-5-23(17)26-18)34-12-9-29-7-10-33-11-8-29/h3-6,13-16,26H,7-12H2,1-2H3,(H,27,30). The van der Waals surface area contributed by atoms with Gasteiger partial charge in [-0.3, -0.25) is 9.69 Å². The molecule has 2 aromatic carbocycles. The molecular formula is C25H28N4O5S. The van der Waals surface area contributed by atoms with Crippen LogP contribution in [0.15, 0.2) is 47.4 Å². The third-order valence-electron chi connectivity index (χ3n) is 6.25. The van der Waals surface area contributed by atoms with Gasteiger partial charge in [-0.25, -0.2) is 12.7 Å². The third kappa shape index (κ3) is 4.83. The Morgan fingerprint density at radius 3 is 2.69 bits per heavy atom. The highest BCUT2D eigenvalue weighted by Gasteiger charge is 2.27. The minimum absolute atomic E-state index is 0.138. The number of morpholine rings is 1. The minimum atomic E-state index is -3.62. The summed E-state index contributed by atoms with van der Waals surface area (Å²) in [6, 6.07) is 12.5. The maximum Gasteiger partial charge on any atom is 0.256 e. The summed E-state index contributed by atoms with van der Waals surface area (Å²) in [5, 5.41) is 3.77. The number of rotatable bonds is 7. The Morgan fingerprint density at radius 2 is 1.91 bits per heavy atom. The number of H-pyrrole nitrogens is 1. The van der Waals surface area contributed by atoms with E-state index in [1.165, 1.54) is 26.2 Å². The first-order chi connectivity index (χ1) is 16.8. The minimum Gasteiger partial charge on any atom is -0.492 e. The van der Waals surface area contributed by atoms with Crippen LogP contribution in [0.25, 0.3) is 22.6 Å². The van der Waals surface area contributed by atoms with Crippen LogP contribution in [0.2, 0.25) is 0 Å². The predicted octanol–water partition coefficient (Wildman–Crippen LogP) is 2.62. The quantitative estimate of drug-likeness (QED) is 0.488.